The molecule has 4 rings (SSSR count). The molecule has 0 saturated carbocycles. The van der Waals surface area contributed by atoms with Gasteiger partial charge in [-0.2, -0.15) is 0 Å². The van der Waals surface area contributed by atoms with E-state index < -0.39 is 29.1 Å². The first-order valence-electron chi connectivity index (χ1n) is 14.1. The molecule has 5 atom stereocenters. The van der Waals surface area contributed by atoms with Crippen molar-refractivity contribution in [3.63, 3.8) is 0 Å². The van der Waals surface area contributed by atoms with E-state index in [1.54, 1.807) is 4.90 Å². The van der Waals surface area contributed by atoms with Crippen LogP contribution in [0.2, 0.25) is 0 Å². The van der Waals surface area contributed by atoms with E-state index in [0.717, 1.165) is 44.1 Å². The number of hydrogen-bond acceptors (Lipinski definition) is 5. The number of carbonyl (C=O) groups excluding carboxylic acids is 3. The summed E-state index contributed by atoms with van der Waals surface area (Å²) in [6.45, 7) is 5.64. The third-order valence-electron chi connectivity index (χ3n) is 8.66. The minimum absolute atomic E-state index is 0.132. The molecular formula is C29H43N3O5. The number of hydrogen-bond donors (Lipinski definition) is 3. The molecule has 2 unspecified atom stereocenters. The van der Waals surface area contributed by atoms with Crippen LogP contribution in [0.1, 0.15) is 77.2 Å². The highest BCUT2D eigenvalue weighted by Gasteiger charge is 2.78. The van der Waals surface area contributed by atoms with Crippen molar-refractivity contribution in [2.24, 2.45) is 11.8 Å². The summed E-state index contributed by atoms with van der Waals surface area (Å²) in [5, 5.41) is 15.2. The molecule has 8 heteroatoms. The summed E-state index contributed by atoms with van der Waals surface area (Å²) in [6, 6.07) is 9.01. The van der Waals surface area contributed by atoms with Crippen LogP contribution in [0.5, 0.6) is 0 Å². The standard InChI is InChI=1S/C29H43N3O5/c1-3-5-17-30-26(35)24-29-16-15-28(4-2,37-29)22(25(34)31-20-21-13-9-8-10-14-21)23(29)27(36)32(24)18-11-6-7-12-19-33/h8-10,13-14,22-24,33H,3-7,11-12,15-20H2,1-2H3,(H,30,35)(H,31,34)/t22-,23-,24?,28+,29?/m0/s1. The highest BCUT2D eigenvalue weighted by atomic mass is 16.5. The molecule has 3 saturated heterocycles. The van der Waals surface area contributed by atoms with Crippen LogP contribution < -0.4 is 10.6 Å². The second-order valence-corrected chi connectivity index (χ2v) is 10.9. The Morgan fingerprint density at radius 1 is 1.03 bits per heavy atom. The molecule has 37 heavy (non-hydrogen) atoms. The van der Waals surface area contributed by atoms with Gasteiger partial charge < -0.3 is 25.4 Å². The average Bonchev–Trinajstić information content (AvgIpc) is 3.51. The van der Waals surface area contributed by atoms with Gasteiger partial charge in [0, 0.05) is 26.2 Å². The summed E-state index contributed by atoms with van der Waals surface area (Å²) in [5.74, 6) is -1.74. The van der Waals surface area contributed by atoms with Gasteiger partial charge in [0.05, 0.1) is 17.4 Å². The predicted octanol–water partition coefficient (Wildman–Crippen LogP) is 2.93. The van der Waals surface area contributed by atoms with E-state index in [1.807, 2.05) is 37.3 Å². The number of unbranched alkanes of at least 4 members (excludes halogenated alkanes) is 4. The van der Waals surface area contributed by atoms with Crippen molar-refractivity contribution < 1.29 is 24.2 Å². The molecule has 3 aliphatic rings. The van der Waals surface area contributed by atoms with E-state index in [1.165, 1.54) is 0 Å². The van der Waals surface area contributed by atoms with Crippen molar-refractivity contribution in [1.29, 1.82) is 0 Å². The highest BCUT2D eigenvalue weighted by molar-refractivity contribution is 5.99. The third kappa shape index (κ3) is 5.15. The number of aliphatic hydroxyl groups excluding tert-OH is 1. The third-order valence-corrected chi connectivity index (χ3v) is 8.66. The van der Waals surface area contributed by atoms with Gasteiger partial charge >= 0.3 is 0 Å². The smallest absolute Gasteiger partial charge is 0.245 e. The molecular weight excluding hydrogens is 470 g/mol. The lowest BCUT2D eigenvalue weighted by atomic mass is 9.65. The Bertz CT molecular complexity index is 956. The first-order chi connectivity index (χ1) is 17.9. The van der Waals surface area contributed by atoms with Crippen LogP contribution in [0.15, 0.2) is 30.3 Å². The molecule has 8 nitrogen and oxygen atoms in total. The number of ether oxygens (including phenoxy) is 1. The Hall–Kier alpha value is -2.45. The van der Waals surface area contributed by atoms with Crippen molar-refractivity contribution in [3.05, 3.63) is 35.9 Å². The van der Waals surface area contributed by atoms with Crippen LogP contribution in [-0.2, 0) is 25.7 Å². The van der Waals surface area contributed by atoms with Crippen molar-refractivity contribution in [2.75, 3.05) is 19.7 Å². The Morgan fingerprint density at radius 3 is 2.49 bits per heavy atom. The Kier molecular flexibility index (Phi) is 8.90. The summed E-state index contributed by atoms with van der Waals surface area (Å²) < 4.78 is 6.77. The van der Waals surface area contributed by atoms with E-state index in [9.17, 15) is 14.4 Å². The quantitative estimate of drug-likeness (QED) is 0.332. The summed E-state index contributed by atoms with van der Waals surface area (Å²) in [6.07, 6.45) is 6.94. The van der Waals surface area contributed by atoms with Crippen molar-refractivity contribution in [3.8, 4) is 0 Å². The zero-order chi connectivity index (χ0) is 26.5. The van der Waals surface area contributed by atoms with Crippen LogP contribution in [-0.4, -0.2) is 64.7 Å². The van der Waals surface area contributed by atoms with Gasteiger partial charge in [-0.1, -0.05) is 63.4 Å². The largest absolute Gasteiger partial charge is 0.396 e. The molecule has 3 fully saturated rings. The Morgan fingerprint density at radius 2 is 1.78 bits per heavy atom. The molecule has 0 radical (unpaired) electrons. The number of nitrogens with zero attached hydrogens (tertiary/aromatic N) is 1. The lowest BCUT2D eigenvalue weighted by Crippen LogP contribution is -2.55. The lowest BCUT2D eigenvalue weighted by Gasteiger charge is -2.34. The molecule has 3 N–H and O–H groups in total. The summed E-state index contributed by atoms with van der Waals surface area (Å²) in [4.78, 5) is 43.0. The lowest BCUT2D eigenvalue weighted by molar-refractivity contribution is -0.147. The molecule has 1 aromatic carbocycles. The van der Waals surface area contributed by atoms with Crippen LogP contribution in [0.25, 0.3) is 0 Å². The maximum Gasteiger partial charge on any atom is 0.245 e. The van der Waals surface area contributed by atoms with Crippen LogP contribution >= 0.6 is 0 Å². The van der Waals surface area contributed by atoms with Gasteiger partial charge in [-0.25, -0.2) is 0 Å². The summed E-state index contributed by atoms with van der Waals surface area (Å²) >= 11 is 0. The van der Waals surface area contributed by atoms with Gasteiger partial charge in [0.15, 0.2) is 0 Å². The first kappa shape index (κ1) is 27.6. The van der Waals surface area contributed by atoms with Crippen molar-refractivity contribution in [2.45, 2.75) is 95.4 Å². The number of rotatable bonds is 14. The van der Waals surface area contributed by atoms with Gasteiger partial charge in [-0.05, 0) is 44.1 Å². The first-order valence-corrected chi connectivity index (χ1v) is 14.1. The number of benzene rings is 1. The fraction of sp³-hybridized carbons (Fsp3) is 0.690. The van der Waals surface area contributed by atoms with Crippen LogP contribution in [0.4, 0.5) is 0 Å². The SMILES string of the molecule is CCCCNC(=O)C1N(CCCCCCO)C(=O)[C@@H]2[C@@H](C(=O)NCc3ccccc3)[C@@]3(CC)CCC12O3. The molecule has 1 aromatic rings. The van der Waals surface area contributed by atoms with Gasteiger partial charge in [-0.15, -0.1) is 0 Å². The highest BCUT2D eigenvalue weighted by Crippen LogP contribution is 2.64. The van der Waals surface area contributed by atoms with Crippen molar-refractivity contribution in [1.82, 2.24) is 15.5 Å². The fourth-order valence-corrected chi connectivity index (χ4v) is 6.78. The monoisotopic (exact) mass is 513 g/mol. The van der Waals surface area contributed by atoms with Gasteiger partial charge in [-0.3, -0.25) is 14.4 Å². The number of carbonyl (C=O) groups is 3. The molecule has 3 amide bonds. The maximum absolute atomic E-state index is 14.0. The van der Waals surface area contributed by atoms with E-state index >= 15 is 0 Å². The molecule has 0 aliphatic carbocycles. The second-order valence-electron chi connectivity index (χ2n) is 10.9. The van der Waals surface area contributed by atoms with Gasteiger partial charge in [0.2, 0.25) is 17.7 Å². The maximum atomic E-state index is 14.0. The predicted molar refractivity (Wildman–Crippen MR) is 140 cm³/mol. The van der Waals surface area contributed by atoms with Crippen LogP contribution in [0.3, 0.4) is 0 Å². The van der Waals surface area contributed by atoms with E-state index in [-0.39, 0.29) is 24.3 Å². The Balaban J connectivity index is 1.59. The number of amides is 3. The average molecular weight is 514 g/mol. The van der Waals surface area contributed by atoms with Crippen molar-refractivity contribution >= 4 is 17.7 Å². The summed E-state index contributed by atoms with van der Waals surface area (Å²) in [7, 11) is 0. The molecule has 1 spiro atoms. The minimum atomic E-state index is -0.969. The van der Waals surface area contributed by atoms with Gasteiger partial charge in [0.1, 0.15) is 11.6 Å². The normalized spacial score (nSPS) is 30.0. The number of likely N-dealkylation sites (tertiary alicyclic amines) is 1. The summed E-state index contributed by atoms with van der Waals surface area (Å²) in [5.41, 5.74) is -0.699. The molecule has 3 heterocycles. The topological polar surface area (TPSA) is 108 Å². The number of fused-ring (bicyclic) bond motifs is 1. The molecule has 204 valence electrons. The van der Waals surface area contributed by atoms with E-state index in [4.69, 9.17) is 9.84 Å². The van der Waals surface area contributed by atoms with Gasteiger partial charge in [0.25, 0.3) is 0 Å². The zero-order valence-corrected chi connectivity index (χ0v) is 22.3. The van der Waals surface area contributed by atoms with Crippen LogP contribution in [0, 0.1) is 11.8 Å². The minimum Gasteiger partial charge on any atom is -0.396 e. The number of nitrogens with one attached hydrogen (secondary N) is 2. The molecule has 2 bridgehead atoms. The second kappa shape index (κ2) is 11.9. The van der Waals surface area contributed by atoms with E-state index in [0.29, 0.717) is 38.9 Å². The Labute approximate surface area is 220 Å². The molecule has 0 aromatic heterocycles. The fourth-order valence-electron chi connectivity index (χ4n) is 6.78. The van der Waals surface area contributed by atoms with E-state index in [2.05, 4.69) is 17.6 Å². The molecule has 3 aliphatic heterocycles. The number of aliphatic hydroxyl groups is 1. The zero-order valence-electron chi connectivity index (χ0n) is 22.3.